The number of rotatable bonds is 5. The van der Waals surface area contributed by atoms with Gasteiger partial charge in [0.05, 0.1) is 17.2 Å². The molecule has 0 saturated heterocycles. The van der Waals surface area contributed by atoms with Crippen molar-refractivity contribution < 1.29 is 9.32 Å². The number of nitrogens with zero attached hydrogens (tertiary/aromatic N) is 2. The number of aromatic nitrogens is 2. The molecule has 1 saturated carbocycles. The van der Waals surface area contributed by atoms with Crippen LogP contribution in [0.15, 0.2) is 46.3 Å². The number of benzene rings is 1. The third kappa shape index (κ3) is 3.17. The van der Waals surface area contributed by atoms with Gasteiger partial charge in [-0.15, -0.1) is 11.3 Å². The molecule has 0 radical (unpaired) electrons. The largest absolute Gasteiger partial charge is 0.355 e. The van der Waals surface area contributed by atoms with E-state index in [-0.39, 0.29) is 11.6 Å². The van der Waals surface area contributed by atoms with Crippen molar-refractivity contribution in [3.05, 3.63) is 58.2 Å². The minimum Gasteiger partial charge on any atom is -0.355 e. The van der Waals surface area contributed by atoms with E-state index < -0.39 is 0 Å². The third-order valence-corrected chi connectivity index (χ3v) is 4.78. The van der Waals surface area contributed by atoms with Crippen LogP contribution in [0.4, 0.5) is 0 Å². The van der Waals surface area contributed by atoms with Gasteiger partial charge in [0.25, 0.3) is 5.91 Å². The number of hydrogen-bond acceptors (Lipinski definition) is 5. The number of nitrogens with one attached hydrogen (secondary N) is 1. The van der Waals surface area contributed by atoms with E-state index in [0.29, 0.717) is 18.2 Å². The summed E-state index contributed by atoms with van der Waals surface area (Å²) in [5.74, 6) is 0.978. The van der Waals surface area contributed by atoms with Crippen molar-refractivity contribution in [2.24, 2.45) is 0 Å². The highest BCUT2D eigenvalue weighted by atomic mass is 32.1. The standard InChI is InChI=1S/C17H15N3O2S/c21-16(18-9-13-10-23-17(19-13)12-6-7-12)14-8-15(22-20-14)11-4-2-1-3-5-11/h1-5,8,10,12H,6-7,9H2,(H,18,21). The Bertz CT molecular complexity index is 821. The summed E-state index contributed by atoms with van der Waals surface area (Å²) in [7, 11) is 0. The highest BCUT2D eigenvalue weighted by molar-refractivity contribution is 7.09. The molecule has 116 valence electrons. The molecule has 0 bridgehead atoms. The van der Waals surface area contributed by atoms with Crippen LogP contribution in [-0.2, 0) is 6.54 Å². The number of hydrogen-bond donors (Lipinski definition) is 1. The van der Waals surface area contributed by atoms with Gasteiger partial charge in [-0.05, 0) is 12.8 Å². The minimum atomic E-state index is -0.253. The topological polar surface area (TPSA) is 68.0 Å². The summed E-state index contributed by atoms with van der Waals surface area (Å²) in [4.78, 5) is 16.7. The van der Waals surface area contributed by atoms with E-state index in [1.165, 1.54) is 17.8 Å². The maximum Gasteiger partial charge on any atom is 0.273 e. The molecule has 1 N–H and O–H groups in total. The normalized spacial score (nSPS) is 13.9. The molecular formula is C17H15N3O2S. The smallest absolute Gasteiger partial charge is 0.273 e. The Labute approximate surface area is 137 Å². The van der Waals surface area contributed by atoms with E-state index in [0.717, 1.165) is 11.3 Å². The molecule has 3 aromatic rings. The van der Waals surface area contributed by atoms with Crippen molar-refractivity contribution in [3.8, 4) is 11.3 Å². The van der Waals surface area contributed by atoms with Crippen LogP contribution in [0.3, 0.4) is 0 Å². The molecule has 0 spiro atoms. The average Bonchev–Trinajstić information content (AvgIpc) is 3.14. The maximum atomic E-state index is 12.2. The van der Waals surface area contributed by atoms with E-state index in [1.54, 1.807) is 17.4 Å². The zero-order valence-corrected chi connectivity index (χ0v) is 13.2. The molecule has 1 fully saturated rings. The Kier molecular flexibility index (Phi) is 3.67. The average molecular weight is 325 g/mol. The Morgan fingerprint density at radius 3 is 2.91 bits per heavy atom. The van der Waals surface area contributed by atoms with Crippen molar-refractivity contribution in [1.82, 2.24) is 15.5 Å². The molecule has 5 nitrogen and oxygen atoms in total. The first-order valence-electron chi connectivity index (χ1n) is 7.54. The molecule has 2 aromatic heterocycles. The van der Waals surface area contributed by atoms with E-state index in [1.807, 2.05) is 35.7 Å². The van der Waals surface area contributed by atoms with Crippen molar-refractivity contribution in [1.29, 1.82) is 0 Å². The quantitative estimate of drug-likeness (QED) is 0.778. The summed E-state index contributed by atoms with van der Waals surface area (Å²) < 4.78 is 5.24. The third-order valence-electron chi connectivity index (χ3n) is 3.73. The molecule has 6 heteroatoms. The second kappa shape index (κ2) is 5.96. The van der Waals surface area contributed by atoms with Crippen LogP contribution in [0.1, 0.15) is 39.9 Å². The Hall–Kier alpha value is -2.47. The van der Waals surface area contributed by atoms with Crippen molar-refractivity contribution in [2.75, 3.05) is 0 Å². The number of thiazole rings is 1. The zero-order valence-electron chi connectivity index (χ0n) is 12.4. The number of carbonyl (C=O) groups excluding carboxylic acids is 1. The first-order chi connectivity index (χ1) is 11.3. The molecule has 4 rings (SSSR count). The highest BCUT2D eigenvalue weighted by Crippen LogP contribution is 2.41. The van der Waals surface area contributed by atoms with Gasteiger partial charge in [-0.3, -0.25) is 4.79 Å². The van der Waals surface area contributed by atoms with E-state index in [4.69, 9.17) is 4.52 Å². The molecular weight excluding hydrogens is 310 g/mol. The lowest BCUT2D eigenvalue weighted by Crippen LogP contribution is -2.23. The Balaban J connectivity index is 1.39. The summed E-state index contributed by atoms with van der Waals surface area (Å²) in [6.45, 7) is 0.412. The molecule has 23 heavy (non-hydrogen) atoms. The zero-order chi connectivity index (χ0) is 15.6. The molecule has 0 unspecified atom stereocenters. The van der Waals surface area contributed by atoms with E-state index >= 15 is 0 Å². The van der Waals surface area contributed by atoms with Gasteiger partial charge in [0.1, 0.15) is 0 Å². The van der Waals surface area contributed by atoms with Crippen LogP contribution in [0, 0.1) is 0 Å². The van der Waals surface area contributed by atoms with Gasteiger partial charge in [0.15, 0.2) is 11.5 Å². The lowest BCUT2D eigenvalue weighted by atomic mass is 10.1. The SMILES string of the molecule is O=C(NCc1csc(C2CC2)n1)c1cc(-c2ccccc2)on1. The van der Waals surface area contributed by atoms with E-state index in [9.17, 15) is 4.79 Å². The molecule has 2 heterocycles. The van der Waals surface area contributed by atoms with Gasteiger partial charge in [-0.2, -0.15) is 0 Å². The lowest BCUT2D eigenvalue weighted by Gasteiger charge is -1.99. The van der Waals surface area contributed by atoms with Crippen molar-refractivity contribution in [2.45, 2.75) is 25.3 Å². The number of amides is 1. The van der Waals surface area contributed by atoms with Crippen LogP contribution < -0.4 is 5.32 Å². The number of carbonyl (C=O) groups is 1. The summed E-state index contributed by atoms with van der Waals surface area (Å²) in [5, 5.41) is 9.87. The fraction of sp³-hybridized carbons (Fsp3) is 0.235. The van der Waals surface area contributed by atoms with Gasteiger partial charge >= 0.3 is 0 Å². The summed E-state index contributed by atoms with van der Waals surface area (Å²) in [6, 6.07) is 11.2. The Morgan fingerprint density at radius 2 is 2.13 bits per heavy atom. The van der Waals surface area contributed by atoms with Crippen molar-refractivity contribution >= 4 is 17.2 Å². The van der Waals surface area contributed by atoms with Gasteiger partial charge in [0, 0.05) is 22.9 Å². The second-order valence-corrected chi connectivity index (χ2v) is 6.47. The molecule has 1 aliphatic rings. The monoisotopic (exact) mass is 325 g/mol. The van der Waals surface area contributed by atoms with Crippen LogP contribution in [0.25, 0.3) is 11.3 Å². The van der Waals surface area contributed by atoms with Gasteiger partial charge in [0.2, 0.25) is 0 Å². The van der Waals surface area contributed by atoms with Crippen LogP contribution in [-0.4, -0.2) is 16.0 Å². The summed E-state index contributed by atoms with van der Waals surface area (Å²) >= 11 is 1.67. The highest BCUT2D eigenvalue weighted by Gasteiger charge is 2.26. The lowest BCUT2D eigenvalue weighted by molar-refractivity contribution is 0.0941. The fourth-order valence-electron chi connectivity index (χ4n) is 2.30. The minimum absolute atomic E-state index is 0.253. The molecule has 0 aliphatic heterocycles. The van der Waals surface area contributed by atoms with E-state index in [2.05, 4.69) is 15.5 Å². The first kappa shape index (κ1) is 14.1. The Morgan fingerprint density at radius 1 is 1.30 bits per heavy atom. The van der Waals surface area contributed by atoms with Gasteiger partial charge in [-0.1, -0.05) is 35.5 Å². The molecule has 1 aliphatic carbocycles. The van der Waals surface area contributed by atoms with Gasteiger partial charge in [-0.25, -0.2) is 4.98 Å². The van der Waals surface area contributed by atoms with Crippen molar-refractivity contribution in [3.63, 3.8) is 0 Å². The molecule has 0 atom stereocenters. The predicted molar refractivity (Wildman–Crippen MR) is 87.2 cm³/mol. The van der Waals surface area contributed by atoms with Gasteiger partial charge < -0.3 is 9.84 Å². The predicted octanol–water partition coefficient (Wildman–Crippen LogP) is 3.61. The fourth-order valence-corrected chi connectivity index (χ4v) is 3.29. The summed E-state index contributed by atoms with van der Waals surface area (Å²) in [6.07, 6.45) is 2.47. The second-order valence-electron chi connectivity index (χ2n) is 5.58. The van der Waals surface area contributed by atoms with Crippen LogP contribution >= 0.6 is 11.3 Å². The molecule has 1 amide bonds. The molecule has 1 aromatic carbocycles. The first-order valence-corrected chi connectivity index (χ1v) is 8.42. The maximum absolute atomic E-state index is 12.2. The van der Waals surface area contributed by atoms with Crippen LogP contribution in [0.2, 0.25) is 0 Å². The summed E-state index contributed by atoms with van der Waals surface area (Å²) in [5.41, 5.74) is 2.08. The van der Waals surface area contributed by atoms with Crippen LogP contribution in [0.5, 0.6) is 0 Å².